The molecule has 0 radical (unpaired) electrons. The number of rotatable bonds is 7. The van der Waals surface area contributed by atoms with Gasteiger partial charge >= 0.3 is 0 Å². The summed E-state index contributed by atoms with van der Waals surface area (Å²) in [7, 11) is -4.14. The van der Waals surface area contributed by atoms with E-state index >= 15 is 0 Å². The fourth-order valence-corrected chi connectivity index (χ4v) is 3.19. The Morgan fingerprint density at radius 1 is 1.25 bits per heavy atom. The highest BCUT2D eigenvalue weighted by Gasteiger charge is 2.35. The largest absolute Gasteiger partial charge is 0.271 e. The van der Waals surface area contributed by atoms with E-state index in [-0.39, 0.29) is 6.42 Å². The van der Waals surface area contributed by atoms with Gasteiger partial charge in [-0.25, -0.2) is 17.5 Å². The highest BCUT2D eigenvalue weighted by atomic mass is 32.2. The first-order valence-electron chi connectivity index (χ1n) is 6.88. The maximum atomic E-state index is 14.0. The van der Waals surface area contributed by atoms with E-state index in [0.717, 1.165) is 23.9 Å². The van der Waals surface area contributed by atoms with Crippen molar-refractivity contribution in [2.45, 2.75) is 76.0 Å². The Hall–Kier alpha value is -1.05. The molecule has 0 bridgehead atoms. The number of hydrogen-bond acceptors (Lipinski definition) is 5. The van der Waals surface area contributed by atoms with Crippen LogP contribution in [0.3, 0.4) is 0 Å². The van der Waals surface area contributed by atoms with Crippen LogP contribution < -0.4 is 0 Å². The zero-order valence-electron chi connectivity index (χ0n) is 12.5. The van der Waals surface area contributed by atoms with Gasteiger partial charge in [0.25, 0.3) is 5.16 Å². The molecule has 0 fully saturated rings. The summed E-state index contributed by atoms with van der Waals surface area (Å²) in [6.07, 6.45) is 3.36. The highest BCUT2D eigenvalue weighted by Crippen LogP contribution is 2.23. The molecule has 6 nitrogen and oxygen atoms in total. The molecule has 0 spiro atoms. The summed E-state index contributed by atoms with van der Waals surface area (Å²) >= 11 is 0. The molecular weight excluding hydrogens is 283 g/mol. The van der Waals surface area contributed by atoms with Crippen LogP contribution in [-0.4, -0.2) is 34.1 Å². The number of tetrazole rings is 1. The van der Waals surface area contributed by atoms with Crippen molar-refractivity contribution in [2.24, 2.45) is 0 Å². The van der Waals surface area contributed by atoms with E-state index in [2.05, 4.69) is 15.5 Å². The van der Waals surface area contributed by atoms with Crippen LogP contribution in [0.1, 0.15) is 59.8 Å². The molecule has 0 aliphatic carbocycles. The molecule has 1 unspecified atom stereocenters. The van der Waals surface area contributed by atoms with Crippen molar-refractivity contribution in [3.8, 4) is 0 Å². The molecule has 0 saturated carbocycles. The second-order valence-electron chi connectivity index (χ2n) is 5.85. The Kier molecular flexibility index (Phi) is 5.61. The van der Waals surface area contributed by atoms with Gasteiger partial charge in [-0.05, 0) is 44.0 Å². The highest BCUT2D eigenvalue weighted by molar-refractivity contribution is 7.91. The number of hydrogen-bond donors (Lipinski definition) is 0. The standard InChI is InChI=1S/C12H23FN4O2S/c1-5-6-7-8-9-10(13)20(18,19)11-14-15-16-17(11)12(2,3)4/h10H,5-9H2,1-4H3. The van der Waals surface area contributed by atoms with Gasteiger partial charge in [0.1, 0.15) is 0 Å². The molecule has 0 aromatic carbocycles. The third-order valence-electron chi connectivity index (χ3n) is 2.95. The van der Waals surface area contributed by atoms with E-state index < -0.39 is 26.0 Å². The monoisotopic (exact) mass is 306 g/mol. The molecule has 0 aliphatic heterocycles. The Labute approximate surface area is 119 Å². The third-order valence-corrected chi connectivity index (χ3v) is 4.62. The third kappa shape index (κ3) is 3.97. The van der Waals surface area contributed by atoms with Crippen molar-refractivity contribution in [3.63, 3.8) is 0 Å². The Balaban J connectivity index is 2.86. The van der Waals surface area contributed by atoms with Crippen LogP contribution in [0.25, 0.3) is 0 Å². The summed E-state index contributed by atoms with van der Waals surface area (Å²) in [6.45, 7) is 7.33. The van der Waals surface area contributed by atoms with Crippen LogP contribution in [0, 0.1) is 0 Å². The summed E-state index contributed by atoms with van der Waals surface area (Å²) in [5, 5.41) is 10.1. The zero-order chi connectivity index (χ0) is 15.4. The summed E-state index contributed by atoms with van der Waals surface area (Å²) in [5.41, 5.74) is -2.57. The molecule has 0 amide bonds. The van der Waals surface area contributed by atoms with Gasteiger partial charge in [-0.1, -0.05) is 31.3 Å². The molecular formula is C12H23FN4O2S. The predicted octanol–water partition coefficient (Wildman–Crippen LogP) is 2.47. The maximum Gasteiger partial charge on any atom is 0.271 e. The van der Waals surface area contributed by atoms with Crippen LogP contribution in [0.4, 0.5) is 4.39 Å². The summed E-state index contributed by atoms with van der Waals surface area (Å²) < 4.78 is 39.6. The average molecular weight is 306 g/mol. The minimum absolute atomic E-state index is 0.0145. The predicted molar refractivity (Wildman–Crippen MR) is 73.7 cm³/mol. The minimum atomic E-state index is -4.14. The average Bonchev–Trinajstić information content (AvgIpc) is 2.83. The second-order valence-corrected chi connectivity index (χ2v) is 7.82. The van der Waals surface area contributed by atoms with Crippen molar-refractivity contribution < 1.29 is 12.8 Å². The Morgan fingerprint density at radius 2 is 1.90 bits per heavy atom. The van der Waals surface area contributed by atoms with Crippen molar-refractivity contribution >= 4 is 9.84 Å². The molecule has 0 aliphatic rings. The van der Waals surface area contributed by atoms with Crippen molar-refractivity contribution in [1.82, 2.24) is 20.2 Å². The number of unbranched alkanes of at least 4 members (excludes halogenated alkanes) is 3. The SMILES string of the molecule is CCCCCCC(F)S(=O)(=O)c1nnnn1C(C)(C)C. The fourth-order valence-electron chi connectivity index (χ4n) is 1.78. The lowest BCUT2D eigenvalue weighted by Gasteiger charge is -2.20. The quantitative estimate of drug-likeness (QED) is 0.723. The lowest BCUT2D eigenvalue weighted by atomic mass is 10.1. The van der Waals surface area contributed by atoms with Crippen LogP contribution in [-0.2, 0) is 15.4 Å². The molecule has 8 heteroatoms. The number of sulfone groups is 1. The zero-order valence-corrected chi connectivity index (χ0v) is 13.3. The molecule has 1 atom stereocenters. The topological polar surface area (TPSA) is 77.7 Å². The van der Waals surface area contributed by atoms with E-state index in [4.69, 9.17) is 0 Å². The number of halogens is 1. The lowest BCUT2D eigenvalue weighted by molar-refractivity contribution is 0.311. The van der Waals surface area contributed by atoms with Gasteiger partial charge < -0.3 is 0 Å². The molecule has 1 heterocycles. The van der Waals surface area contributed by atoms with E-state index in [1.54, 1.807) is 20.8 Å². The van der Waals surface area contributed by atoms with Crippen LogP contribution >= 0.6 is 0 Å². The summed E-state index contributed by atoms with van der Waals surface area (Å²) in [5.74, 6) is 0. The normalized spacial score (nSPS) is 14.4. The van der Waals surface area contributed by atoms with E-state index in [0.29, 0.717) is 6.42 Å². The van der Waals surface area contributed by atoms with Gasteiger partial charge in [-0.2, -0.15) is 0 Å². The molecule has 1 aromatic heterocycles. The van der Waals surface area contributed by atoms with Crippen molar-refractivity contribution in [3.05, 3.63) is 0 Å². The lowest BCUT2D eigenvalue weighted by Crippen LogP contribution is -2.30. The number of nitrogens with zero attached hydrogens (tertiary/aromatic N) is 4. The molecule has 116 valence electrons. The van der Waals surface area contributed by atoms with Crippen LogP contribution in [0.5, 0.6) is 0 Å². The molecule has 0 saturated heterocycles. The first-order valence-corrected chi connectivity index (χ1v) is 8.42. The van der Waals surface area contributed by atoms with Gasteiger partial charge in [0.15, 0.2) is 0 Å². The molecule has 20 heavy (non-hydrogen) atoms. The smallest absolute Gasteiger partial charge is 0.229 e. The van der Waals surface area contributed by atoms with Gasteiger partial charge in [-0.3, -0.25) is 0 Å². The number of aromatic nitrogens is 4. The van der Waals surface area contributed by atoms with Gasteiger partial charge in [0.2, 0.25) is 15.3 Å². The summed E-state index contributed by atoms with van der Waals surface area (Å²) in [6, 6.07) is 0. The number of alkyl halides is 1. The van der Waals surface area contributed by atoms with Gasteiger partial charge in [-0.15, -0.1) is 0 Å². The molecule has 0 N–H and O–H groups in total. The van der Waals surface area contributed by atoms with E-state index in [1.165, 1.54) is 0 Å². The first-order chi connectivity index (χ1) is 9.21. The first kappa shape index (κ1) is 17.0. The second kappa shape index (κ2) is 6.60. The van der Waals surface area contributed by atoms with Crippen molar-refractivity contribution in [1.29, 1.82) is 0 Å². The fraction of sp³-hybridized carbons (Fsp3) is 0.917. The van der Waals surface area contributed by atoms with Crippen molar-refractivity contribution in [2.75, 3.05) is 0 Å². The molecule has 1 aromatic rings. The maximum absolute atomic E-state index is 14.0. The minimum Gasteiger partial charge on any atom is -0.229 e. The van der Waals surface area contributed by atoms with E-state index in [1.807, 2.05) is 6.92 Å². The van der Waals surface area contributed by atoms with Crippen LogP contribution in [0.15, 0.2) is 5.16 Å². The Bertz CT molecular complexity index is 522. The van der Waals surface area contributed by atoms with Gasteiger partial charge in [0.05, 0.1) is 5.54 Å². The summed E-state index contributed by atoms with van der Waals surface area (Å²) in [4.78, 5) is 0. The van der Waals surface area contributed by atoms with E-state index in [9.17, 15) is 12.8 Å². The van der Waals surface area contributed by atoms with Gasteiger partial charge in [0, 0.05) is 0 Å². The Morgan fingerprint density at radius 3 is 2.45 bits per heavy atom. The molecule has 1 rings (SSSR count). The van der Waals surface area contributed by atoms with Crippen LogP contribution in [0.2, 0.25) is 0 Å².